The molecule has 0 N–H and O–H groups in total. The van der Waals surface area contributed by atoms with Crippen LogP contribution in [0, 0.1) is 6.92 Å². The van der Waals surface area contributed by atoms with Gasteiger partial charge in [0.2, 0.25) is 0 Å². The number of halogens is 3. The van der Waals surface area contributed by atoms with Crippen LogP contribution < -0.4 is 0 Å². The molecule has 18 heavy (non-hydrogen) atoms. The summed E-state index contributed by atoms with van der Waals surface area (Å²) in [6, 6.07) is 5.62. The van der Waals surface area contributed by atoms with Crippen LogP contribution in [0.5, 0.6) is 0 Å². The summed E-state index contributed by atoms with van der Waals surface area (Å²) < 4.78 is 0.831. The quantitative estimate of drug-likeness (QED) is 0.702. The second-order valence-electron chi connectivity index (χ2n) is 3.98. The molecule has 0 radical (unpaired) electrons. The maximum Gasteiger partial charge on any atom is 0.159 e. The standard InChI is InChI=1S/C13H11BrCl2N2/c1-7(15)10-6-17-13(18-8(10)2)9-3-4-12(16)11(14)5-9/h3-7H,1-2H3. The Kier molecular flexibility index (Phi) is 4.25. The molecule has 0 spiro atoms. The third-order valence-electron chi connectivity index (χ3n) is 2.62. The van der Waals surface area contributed by atoms with E-state index in [1.165, 1.54) is 0 Å². The first kappa shape index (κ1) is 13.8. The fourth-order valence-corrected chi connectivity index (χ4v) is 2.35. The second-order valence-corrected chi connectivity index (χ2v) is 5.90. The third kappa shape index (κ3) is 2.85. The van der Waals surface area contributed by atoms with Gasteiger partial charge in [0.25, 0.3) is 0 Å². The smallest absolute Gasteiger partial charge is 0.159 e. The molecule has 1 heterocycles. The summed E-state index contributed by atoms with van der Waals surface area (Å²) >= 11 is 15.4. The Morgan fingerprint density at radius 3 is 2.61 bits per heavy atom. The molecule has 0 saturated carbocycles. The van der Waals surface area contributed by atoms with Gasteiger partial charge in [-0.2, -0.15) is 0 Å². The summed E-state index contributed by atoms with van der Waals surface area (Å²) in [7, 11) is 0. The van der Waals surface area contributed by atoms with Gasteiger partial charge in [0.1, 0.15) is 0 Å². The van der Waals surface area contributed by atoms with Gasteiger partial charge in [0.05, 0.1) is 10.4 Å². The highest BCUT2D eigenvalue weighted by atomic mass is 79.9. The van der Waals surface area contributed by atoms with Crippen molar-refractivity contribution in [3.8, 4) is 11.4 Å². The van der Waals surface area contributed by atoms with Gasteiger partial charge in [0.15, 0.2) is 5.82 Å². The molecule has 0 fully saturated rings. The highest BCUT2D eigenvalue weighted by Crippen LogP contribution is 2.28. The van der Waals surface area contributed by atoms with Gasteiger partial charge in [-0.15, -0.1) is 11.6 Å². The van der Waals surface area contributed by atoms with Crippen molar-refractivity contribution in [1.82, 2.24) is 9.97 Å². The van der Waals surface area contributed by atoms with Crippen molar-refractivity contribution in [3.05, 3.63) is 45.1 Å². The summed E-state index contributed by atoms with van der Waals surface area (Å²) in [5, 5.41) is 0.581. The van der Waals surface area contributed by atoms with E-state index in [1.807, 2.05) is 32.0 Å². The summed E-state index contributed by atoms with van der Waals surface area (Å²) in [5.74, 6) is 0.672. The van der Waals surface area contributed by atoms with Gasteiger partial charge in [-0.3, -0.25) is 0 Å². The van der Waals surface area contributed by atoms with Crippen molar-refractivity contribution in [1.29, 1.82) is 0 Å². The van der Waals surface area contributed by atoms with Crippen LogP contribution >= 0.6 is 39.1 Å². The predicted molar refractivity (Wildman–Crippen MR) is 79.2 cm³/mol. The molecule has 2 aromatic rings. The zero-order valence-electron chi connectivity index (χ0n) is 9.92. The summed E-state index contributed by atoms with van der Waals surface area (Å²) in [5.41, 5.74) is 2.77. The Labute approximate surface area is 124 Å². The Hall–Kier alpha value is -0.640. The lowest BCUT2D eigenvalue weighted by Crippen LogP contribution is -1.98. The van der Waals surface area contributed by atoms with E-state index < -0.39 is 0 Å². The average molecular weight is 346 g/mol. The topological polar surface area (TPSA) is 25.8 Å². The van der Waals surface area contributed by atoms with Crippen LogP contribution in [-0.4, -0.2) is 9.97 Å². The van der Waals surface area contributed by atoms with Crippen molar-refractivity contribution in [2.75, 3.05) is 0 Å². The van der Waals surface area contributed by atoms with Crippen molar-refractivity contribution >= 4 is 39.1 Å². The predicted octanol–water partition coefficient (Wildman–Crippen LogP) is 5.17. The van der Waals surface area contributed by atoms with E-state index in [9.17, 15) is 0 Å². The number of alkyl halides is 1. The number of rotatable bonds is 2. The van der Waals surface area contributed by atoms with Crippen LogP contribution in [0.15, 0.2) is 28.9 Å². The van der Waals surface area contributed by atoms with Crippen LogP contribution in [0.25, 0.3) is 11.4 Å². The van der Waals surface area contributed by atoms with E-state index in [2.05, 4.69) is 25.9 Å². The van der Waals surface area contributed by atoms with Crippen LogP contribution in [0.1, 0.15) is 23.6 Å². The summed E-state index contributed by atoms with van der Waals surface area (Å²) in [6.07, 6.45) is 1.78. The van der Waals surface area contributed by atoms with E-state index in [1.54, 1.807) is 6.20 Å². The molecule has 0 saturated heterocycles. The number of aromatic nitrogens is 2. The molecule has 0 aliphatic heterocycles. The first-order valence-electron chi connectivity index (χ1n) is 5.42. The SMILES string of the molecule is Cc1nc(-c2ccc(Cl)c(Br)c2)ncc1C(C)Cl. The lowest BCUT2D eigenvalue weighted by molar-refractivity contribution is 0.976. The maximum atomic E-state index is 6.05. The molecule has 2 rings (SSSR count). The molecule has 0 bridgehead atoms. The molecular weight excluding hydrogens is 335 g/mol. The monoisotopic (exact) mass is 344 g/mol. The zero-order valence-corrected chi connectivity index (χ0v) is 13.0. The van der Waals surface area contributed by atoms with Gasteiger partial charge < -0.3 is 0 Å². The molecule has 1 unspecified atom stereocenters. The van der Waals surface area contributed by atoms with E-state index in [0.29, 0.717) is 10.8 Å². The molecule has 94 valence electrons. The Balaban J connectivity index is 2.45. The molecule has 0 amide bonds. The van der Waals surface area contributed by atoms with Crippen molar-refractivity contribution in [3.63, 3.8) is 0 Å². The molecule has 1 aromatic carbocycles. The van der Waals surface area contributed by atoms with E-state index in [4.69, 9.17) is 23.2 Å². The Morgan fingerprint density at radius 2 is 2.06 bits per heavy atom. The normalized spacial score (nSPS) is 12.5. The van der Waals surface area contributed by atoms with Gasteiger partial charge in [-0.25, -0.2) is 9.97 Å². The van der Waals surface area contributed by atoms with Crippen LogP contribution in [0.3, 0.4) is 0 Å². The van der Waals surface area contributed by atoms with Gasteiger partial charge >= 0.3 is 0 Å². The Bertz CT molecular complexity index is 585. The second kappa shape index (κ2) is 5.55. The minimum absolute atomic E-state index is 0.0870. The van der Waals surface area contributed by atoms with Gasteiger partial charge in [-0.05, 0) is 48.0 Å². The molecule has 0 aliphatic carbocycles. The number of hydrogen-bond acceptors (Lipinski definition) is 2. The molecule has 1 atom stereocenters. The number of aryl methyl sites for hydroxylation is 1. The molecule has 2 nitrogen and oxygen atoms in total. The largest absolute Gasteiger partial charge is 0.236 e. The van der Waals surface area contributed by atoms with E-state index in [0.717, 1.165) is 21.3 Å². The maximum absolute atomic E-state index is 6.05. The molecule has 1 aromatic heterocycles. The van der Waals surface area contributed by atoms with Crippen molar-refractivity contribution in [2.45, 2.75) is 19.2 Å². The highest BCUT2D eigenvalue weighted by molar-refractivity contribution is 9.10. The number of hydrogen-bond donors (Lipinski definition) is 0. The minimum Gasteiger partial charge on any atom is -0.236 e. The van der Waals surface area contributed by atoms with Crippen LogP contribution in [0.2, 0.25) is 5.02 Å². The zero-order chi connectivity index (χ0) is 13.3. The van der Waals surface area contributed by atoms with Crippen molar-refractivity contribution < 1.29 is 0 Å². The lowest BCUT2D eigenvalue weighted by atomic mass is 10.1. The first-order valence-corrected chi connectivity index (χ1v) is 7.03. The lowest BCUT2D eigenvalue weighted by Gasteiger charge is -2.09. The molecule has 5 heteroatoms. The van der Waals surface area contributed by atoms with E-state index in [-0.39, 0.29) is 5.38 Å². The highest BCUT2D eigenvalue weighted by Gasteiger charge is 2.10. The third-order valence-corrected chi connectivity index (χ3v) is 4.07. The average Bonchev–Trinajstić information content (AvgIpc) is 2.32. The van der Waals surface area contributed by atoms with Crippen LogP contribution in [-0.2, 0) is 0 Å². The fourth-order valence-electron chi connectivity index (χ4n) is 1.64. The Morgan fingerprint density at radius 1 is 1.33 bits per heavy atom. The number of benzene rings is 1. The minimum atomic E-state index is -0.0870. The van der Waals surface area contributed by atoms with Gasteiger partial charge in [0, 0.05) is 27.5 Å². The fraction of sp³-hybridized carbons (Fsp3) is 0.231. The molecule has 0 aliphatic rings. The van der Waals surface area contributed by atoms with Gasteiger partial charge in [-0.1, -0.05) is 11.6 Å². The first-order chi connectivity index (χ1) is 8.49. The summed E-state index contributed by atoms with van der Waals surface area (Å²) in [4.78, 5) is 8.82. The number of nitrogens with zero attached hydrogens (tertiary/aromatic N) is 2. The van der Waals surface area contributed by atoms with Crippen molar-refractivity contribution in [2.24, 2.45) is 0 Å². The molecular formula is C13H11BrCl2N2. The summed E-state index contributed by atoms with van der Waals surface area (Å²) in [6.45, 7) is 3.84. The van der Waals surface area contributed by atoms with Crippen LogP contribution in [0.4, 0.5) is 0 Å². The van der Waals surface area contributed by atoms with E-state index >= 15 is 0 Å².